The lowest BCUT2D eigenvalue weighted by atomic mass is 10.1. The van der Waals surface area contributed by atoms with Crippen LogP contribution < -0.4 is 10.1 Å². The first-order valence-electron chi connectivity index (χ1n) is 7.20. The molecule has 1 amide bonds. The third-order valence-corrected chi connectivity index (χ3v) is 3.64. The minimum absolute atomic E-state index is 0.315. The Morgan fingerprint density at radius 2 is 1.96 bits per heavy atom. The Balaban J connectivity index is 1.87. The number of methoxy groups -OCH3 is 1. The zero-order valence-corrected chi connectivity index (χ0v) is 12.8. The normalized spacial score (nSPS) is 11.9. The number of ether oxygens (including phenoxy) is 1. The number of fused-ring (bicyclic) bond motifs is 1. The maximum Gasteiger partial charge on any atom is 0.330 e. The molecule has 1 unspecified atom stereocenters. The van der Waals surface area contributed by atoms with Gasteiger partial charge in [-0.3, -0.25) is 4.79 Å². The van der Waals surface area contributed by atoms with Crippen molar-refractivity contribution in [1.29, 1.82) is 0 Å². The van der Waals surface area contributed by atoms with Gasteiger partial charge in [-0.25, -0.2) is 9.31 Å². The van der Waals surface area contributed by atoms with Gasteiger partial charge in [0.05, 0.1) is 24.4 Å². The number of nitrogens with one attached hydrogen (secondary N) is 1. The summed E-state index contributed by atoms with van der Waals surface area (Å²) >= 11 is 0. The highest BCUT2D eigenvalue weighted by Crippen LogP contribution is 2.19. The number of pyridine rings is 1. The number of hydrogen-bond donors (Lipinski definition) is 2. The van der Waals surface area contributed by atoms with Crippen molar-refractivity contribution in [2.45, 2.75) is 6.04 Å². The number of aliphatic carboxylic acids is 1. The fourth-order valence-corrected chi connectivity index (χ4v) is 2.40. The van der Waals surface area contributed by atoms with E-state index in [1.807, 2.05) is 0 Å². The standard InChI is InChI=1S/C17H15N3O4/c1-24-12-7-5-11(6-8-12)15(17(22)23)19-16(21)13-10-18-20-9-3-2-4-14(13)20/h2-10,15H,1H3,(H,19,21)(H,22,23). The average molecular weight is 325 g/mol. The van der Waals surface area contributed by atoms with Crippen LogP contribution in [0.5, 0.6) is 5.75 Å². The average Bonchev–Trinajstić information content (AvgIpc) is 3.03. The molecule has 1 atom stereocenters. The SMILES string of the molecule is COc1ccc(C(NC(=O)c2cnn3ccccc23)C(=O)O)cc1. The molecule has 0 bridgehead atoms. The lowest BCUT2D eigenvalue weighted by molar-refractivity contribution is -0.139. The van der Waals surface area contributed by atoms with Gasteiger partial charge in [0.15, 0.2) is 6.04 Å². The van der Waals surface area contributed by atoms with Crippen LogP contribution in [0, 0.1) is 0 Å². The summed E-state index contributed by atoms with van der Waals surface area (Å²) in [4.78, 5) is 24.0. The molecular formula is C17H15N3O4. The molecule has 3 rings (SSSR count). The van der Waals surface area contributed by atoms with Gasteiger partial charge in [0, 0.05) is 6.20 Å². The van der Waals surface area contributed by atoms with Crippen molar-refractivity contribution in [3.8, 4) is 5.75 Å². The van der Waals surface area contributed by atoms with Crippen LogP contribution in [0.4, 0.5) is 0 Å². The summed E-state index contributed by atoms with van der Waals surface area (Å²) in [6.07, 6.45) is 3.13. The molecule has 2 heterocycles. The Morgan fingerprint density at radius 3 is 2.62 bits per heavy atom. The van der Waals surface area contributed by atoms with Gasteiger partial charge in [0.1, 0.15) is 5.75 Å². The number of hydrogen-bond acceptors (Lipinski definition) is 4. The Hall–Kier alpha value is -3.35. The number of rotatable bonds is 5. The molecule has 1 aromatic carbocycles. The van der Waals surface area contributed by atoms with E-state index >= 15 is 0 Å². The topological polar surface area (TPSA) is 92.9 Å². The highest BCUT2D eigenvalue weighted by Gasteiger charge is 2.24. The van der Waals surface area contributed by atoms with Gasteiger partial charge in [0.2, 0.25) is 0 Å². The highest BCUT2D eigenvalue weighted by molar-refractivity contribution is 6.02. The van der Waals surface area contributed by atoms with E-state index in [0.29, 0.717) is 22.4 Å². The van der Waals surface area contributed by atoms with Crippen LogP contribution >= 0.6 is 0 Å². The van der Waals surface area contributed by atoms with E-state index < -0.39 is 17.9 Å². The summed E-state index contributed by atoms with van der Waals surface area (Å²) in [7, 11) is 1.52. The number of amides is 1. The number of carbonyl (C=O) groups is 2. The molecule has 7 nitrogen and oxygen atoms in total. The quantitative estimate of drug-likeness (QED) is 0.747. The molecule has 24 heavy (non-hydrogen) atoms. The van der Waals surface area contributed by atoms with Gasteiger partial charge in [0.25, 0.3) is 5.91 Å². The summed E-state index contributed by atoms with van der Waals surface area (Å²) in [5.41, 5.74) is 1.37. The van der Waals surface area contributed by atoms with E-state index in [9.17, 15) is 14.7 Å². The third kappa shape index (κ3) is 2.91. The van der Waals surface area contributed by atoms with Crippen LogP contribution in [-0.2, 0) is 4.79 Å². The molecular weight excluding hydrogens is 310 g/mol. The van der Waals surface area contributed by atoms with Crippen LogP contribution in [0.25, 0.3) is 5.52 Å². The molecule has 0 radical (unpaired) electrons. The molecule has 2 N–H and O–H groups in total. The predicted molar refractivity (Wildman–Crippen MR) is 86.0 cm³/mol. The Morgan fingerprint density at radius 1 is 1.21 bits per heavy atom. The van der Waals surface area contributed by atoms with Crippen molar-refractivity contribution >= 4 is 17.4 Å². The first-order valence-corrected chi connectivity index (χ1v) is 7.20. The molecule has 2 aromatic heterocycles. The highest BCUT2D eigenvalue weighted by atomic mass is 16.5. The maximum atomic E-state index is 12.5. The minimum Gasteiger partial charge on any atom is -0.497 e. The molecule has 3 aromatic rings. The van der Waals surface area contributed by atoms with Crippen molar-refractivity contribution in [2.24, 2.45) is 0 Å². The van der Waals surface area contributed by atoms with E-state index in [0.717, 1.165) is 0 Å². The van der Waals surface area contributed by atoms with E-state index in [4.69, 9.17) is 4.74 Å². The Kier molecular flexibility index (Phi) is 4.15. The third-order valence-electron chi connectivity index (χ3n) is 3.64. The smallest absolute Gasteiger partial charge is 0.330 e. The summed E-state index contributed by atoms with van der Waals surface area (Å²) < 4.78 is 6.61. The number of carboxylic acids is 1. The first kappa shape index (κ1) is 15.5. The van der Waals surface area contributed by atoms with Gasteiger partial charge >= 0.3 is 5.97 Å². The fraction of sp³-hybridized carbons (Fsp3) is 0.118. The van der Waals surface area contributed by atoms with Crippen molar-refractivity contribution in [3.63, 3.8) is 0 Å². The van der Waals surface area contributed by atoms with Gasteiger partial charge in [-0.15, -0.1) is 0 Å². The van der Waals surface area contributed by atoms with Crippen molar-refractivity contribution in [3.05, 3.63) is 66.0 Å². The van der Waals surface area contributed by atoms with E-state index in [-0.39, 0.29) is 0 Å². The fourth-order valence-electron chi connectivity index (χ4n) is 2.40. The Labute approximate surface area is 137 Å². The zero-order valence-electron chi connectivity index (χ0n) is 12.8. The monoisotopic (exact) mass is 325 g/mol. The zero-order chi connectivity index (χ0) is 17.1. The second kappa shape index (κ2) is 6.41. The van der Waals surface area contributed by atoms with E-state index in [1.165, 1.54) is 13.3 Å². The molecule has 0 aliphatic rings. The molecule has 122 valence electrons. The van der Waals surface area contributed by atoms with Crippen molar-refractivity contribution < 1.29 is 19.4 Å². The lowest BCUT2D eigenvalue weighted by Crippen LogP contribution is -2.33. The number of aromatic nitrogens is 2. The number of carbonyl (C=O) groups excluding carboxylic acids is 1. The van der Waals surface area contributed by atoms with E-state index in [1.54, 1.807) is 53.2 Å². The molecule has 0 aliphatic heterocycles. The summed E-state index contributed by atoms with van der Waals surface area (Å²) in [6, 6.07) is 10.7. The predicted octanol–water partition coefficient (Wildman–Crippen LogP) is 1.90. The van der Waals surface area contributed by atoms with Crippen LogP contribution in [0.2, 0.25) is 0 Å². The second-order valence-electron chi connectivity index (χ2n) is 5.11. The molecule has 0 saturated carbocycles. The second-order valence-corrected chi connectivity index (χ2v) is 5.11. The molecule has 0 aliphatic carbocycles. The van der Waals surface area contributed by atoms with E-state index in [2.05, 4.69) is 10.4 Å². The van der Waals surface area contributed by atoms with Crippen LogP contribution in [0.1, 0.15) is 22.0 Å². The number of nitrogens with zero attached hydrogens (tertiary/aromatic N) is 2. The molecule has 0 saturated heterocycles. The summed E-state index contributed by atoms with van der Waals surface area (Å²) in [5, 5.41) is 16.1. The molecule has 7 heteroatoms. The van der Waals surface area contributed by atoms with Crippen molar-refractivity contribution in [2.75, 3.05) is 7.11 Å². The molecule has 0 fully saturated rings. The van der Waals surface area contributed by atoms with Gasteiger partial charge in [-0.1, -0.05) is 18.2 Å². The Bertz CT molecular complexity index is 886. The summed E-state index contributed by atoms with van der Waals surface area (Å²) in [5.74, 6) is -1.04. The minimum atomic E-state index is -1.16. The first-order chi connectivity index (χ1) is 11.6. The van der Waals surface area contributed by atoms with Crippen LogP contribution in [0.3, 0.4) is 0 Å². The largest absolute Gasteiger partial charge is 0.497 e. The van der Waals surface area contributed by atoms with Crippen molar-refractivity contribution in [1.82, 2.24) is 14.9 Å². The van der Waals surface area contributed by atoms with Crippen LogP contribution in [-0.4, -0.2) is 33.7 Å². The maximum absolute atomic E-state index is 12.5. The van der Waals surface area contributed by atoms with Gasteiger partial charge in [-0.05, 0) is 29.8 Å². The van der Waals surface area contributed by atoms with Gasteiger partial charge in [-0.2, -0.15) is 5.10 Å². The number of carboxylic acid groups (broad SMARTS) is 1. The van der Waals surface area contributed by atoms with Gasteiger partial charge < -0.3 is 15.2 Å². The summed E-state index contributed by atoms with van der Waals surface area (Å²) in [6.45, 7) is 0. The lowest BCUT2D eigenvalue weighted by Gasteiger charge is -2.15. The molecule has 0 spiro atoms. The number of benzene rings is 1. The van der Waals surface area contributed by atoms with Crippen LogP contribution in [0.15, 0.2) is 54.9 Å².